The fourth-order valence-corrected chi connectivity index (χ4v) is 3.12. The molecule has 1 amide bonds. The number of carbonyl (C=O) groups is 1. The first-order valence-corrected chi connectivity index (χ1v) is 9.79. The Labute approximate surface area is 172 Å². The van der Waals surface area contributed by atoms with Gasteiger partial charge in [0.05, 0.1) is 12.2 Å². The number of hydrogen-bond donors (Lipinski definition) is 1. The fourth-order valence-electron chi connectivity index (χ4n) is 3.12. The Morgan fingerprint density at radius 1 is 1.10 bits per heavy atom. The highest BCUT2D eigenvalue weighted by atomic mass is 16.2. The molecule has 152 valence electrons. The van der Waals surface area contributed by atoms with Crippen LogP contribution in [-0.2, 0) is 10.2 Å². The van der Waals surface area contributed by atoms with Crippen LogP contribution in [0.3, 0.4) is 0 Å². The summed E-state index contributed by atoms with van der Waals surface area (Å²) in [5.41, 5.74) is 4.26. The Hall–Kier alpha value is -2.99. The monoisotopic (exact) mass is 391 g/mol. The number of carbonyl (C=O) groups excluding carboxylic acids is 1. The van der Waals surface area contributed by atoms with Crippen LogP contribution in [0.2, 0.25) is 0 Å². The summed E-state index contributed by atoms with van der Waals surface area (Å²) in [6.07, 6.45) is 3.18. The van der Waals surface area contributed by atoms with Crippen molar-refractivity contribution in [1.29, 1.82) is 0 Å². The molecule has 0 bridgehead atoms. The van der Waals surface area contributed by atoms with Gasteiger partial charge in [-0.1, -0.05) is 45.0 Å². The van der Waals surface area contributed by atoms with E-state index in [2.05, 4.69) is 67.4 Å². The van der Waals surface area contributed by atoms with Gasteiger partial charge in [0.25, 0.3) is 0 Å². The van der Waals surface area contributed by atoms with E-state index in [1.54, 1.807) is 11.0 Å². The summed E-state index contributed by atoms with van der Waals surface area (Å²) in [7, 11) is 1.96. The van der Waals surface area contributed by atoms with Crippen LogP contribution in [0.5, 0.6) is 0 Å². The SMILES string of the molecule is CC(c1ccc(-n2cncn2)cc1)N(C)CC(=O)Nc1ccc(C(C)(C)C)cc1. The van der Waals surface area contributed by atoms with Crippen molar-refractivity contribution >= 4 is 11.6 Å². The average molecular weight is 392 g/mol. The molecule has 0 spiro atoms. The van der Waals surface area contributed by atoms with E-state index in [1.807, 2.05) is 36.2 Å². The highest BCUT2D eigenvalue weighted by Crippen LogP contribution is 2.24. The maximum absolute atomic E-state index is 12.5. The third kappa shape index (κ3) is 5.29. The lowest BCUT2D eigenvalue weighted by Gasteiger charge is -2.25. The summed E-state index contributed by atoms with van der Waals surface area (Å²) in [4.78, 5) is 18.5. The quantitative estimate of drug-likeness (QED) is 0.684. The van der Waals surface area contributed by atoms with Crippen molar-refractivity contribution in [2.45, 2.75) is 39.2 Å². The summed E-state index contributed by atoms with van der Waals surface area (Å²) < 4.78 is 1.72. The van der Waals surface area contributed by atoms with Crippen LogP contribution in [0.1, 0.15) is 44.9 Å². The molecule has 0 aliphatic rings. The molecule has 1 heterocycles. The van der Waals surface area contributed by atoms with Crippen molar-refractivity contribution in [2.24, 2.45) is 0 Å². The van der Waals surface area contributed by atoms with Crippen LogP contribution in [0.4, 0.5) is 5.69 Å². The molecule has 1 unspecified atom stereocenters. The lowest BCUT2D eigenvalue weighted by Crippen LogP contribution is -2.32. The number of likely N-dealkylation sites (N-methyl/N-ethyl adjacent to an activating group) is 1. The molecule has 6 heteroatoms. The van der Waals surface area contributed by atoms with Gasteiger partial charge in [-0.05, 0) is 54.8 Å². The molecule has 0 saturated carbocycles. The van der Waals surface area contributed by atoms with Gasteiger partial charge < -0.3 is 5.32 Å². The Kier molecular flexibility index (Phi) is 6.13. The molecular formula is C23H29N5O. The molecule has 6 nitrogen and oxygen atoms in total. The minimum atomic E-state index is -0.0258. The Morgan fingerprint density at radius 3 is 2.31 bits per heavy atom. The number of rotatable bonds is 6. The third-order valence-corrected chi connectivity index (χ3v) is 5.15. The number of anilines is 1. The van der Waals surface area contributed by atoms with Gasteiger partial charge in [0.1, 0.15) is 12.7 Å². The van der Waals surface area contributed by atoms with Crippen LogP contribution in [0.25, 0.3) is 5.69 Å². The molecule has 0 aliphatic carbocycles. The van der Waals surface area contributed by atoms with Crippen molar-refractivity contribution in [3.05, 3.63) is 72.3 Å². The van der Waals surface area contributed by atoms with Crippen LogP contribution in [0.15, 0.2) is 61.2 Å². The number of aromatic nitrogens is 3. The Bertz CT molecular complexity index is 925. The third-order valence-electron chi connectivity index (χ3n) is 5.15. The zero-order chi connectivity index (χ0) is 21.0. The largest absolute Gasteiger partial charge is 0.325 e. The molecule has 1 aromatic heterocycles. The van der Waals surface area contributed by atoms with E-state index < -0.39 is 0 Å². The normalized spacial score (nSPS) is 12.8. The van der Waals surface area contributed by atoms with E-state index in [4.69, 9.17) is 0 Å². The maximum atomic E-state index is 12.5. The van der Waals surface area contributed by atoms with Crippen LogP contribution >= 0.6 is 0 Å². The molecule has 0 saturated heterocycles. The van der Waals surface area contributed by atoms with E-state index >= 15 is 0 Å². The van der Waals surface area contributed by atoms with E-state index in [1.165, 1.54) is 11.9 Å². The molecular weight excluding hydrogens is 362 g/mol. The first-order valence-electron chi connectivity index (χ1n) is 9.79. The van der Waals surface area contributed by atoms with E-state index in [-0.39, 0.29) is 17.4 Å². The number of nitrogens with one attached hydrogen (secondary N) is 1. The Morgan fingerprint density at radius 2 is 1.76 bits per heavy atom. The zero-order valence-corrected chi connectivity index (χ0v) is 17.8. The van der Waals surface area contributed by atoms with Gasteiger partial charge in [-0.25, -0.2) is 9.67 Å². The molecule has 1 N–H and O–H groups in total. The van der Waals surface area contributed by atoms with Gasteiger partial charge in [0.15, 0.2) is 0 Å². The lowest BCUT2D eigenvalue weighted by molar-refractivity contribution is -0.117. The minimum absolute atomic E-state index is 0.0258. The van der Waals surface area contributed by atoms with Gasteiger partial charge in [-0.3, -0.25) is 9.69 Å². The predicted octanol–water partition coefficient (Wildman–Crippen LogP) is 4.20. The number of nitrogens with zero attached hydrogens (tertiary/aromatic N) is 4. The standard InChI is InChI=1S/C23H29N5O/c1-17(18-6-12-21(13-7-18)28-16-24-15-25-28)27(5)14-22(29)26-20-10-8-19(9-11-20)23(2,3)4/h6-13,15-17H,14H2,1-5H3,(H,26,29). The second kappa shape index (κ2) is 8.57. The first kappa shape index (κ1) is 20.7. The van der Waals surface area contributed by atoms with Crippen molar-refractivity contribution in [3.63, 3.8) is 0 Å². The number of benzene rings is 2. The highest BCUT2D eigenvalue weighted by Gasteiger charge is 2.16. The first-order chi connectivity index (χ1) is 13.7. The van der Waals surface area contributed by atoms with Crippen LogP contribution in [0, 0.1) is 0 Å². The lowest BCUT2D eigenvalue weighted by atomic mass is 9.87. The number of amides is 1. The maximum Gasteiger partial charge on any atom is 0.238 e. The van der Waals surface area contributed by atoms with Crippen molar-refractivity contribution in [1.82, 2.24) is 19.7 Å². The second-order valence-corrected chi connectivity index (χ2v) is 8.40. The summed E-state index contributed by atoms with van der Waals surface area (Å²) >= 11 is 0. The Balaban J connectivity index is 1.57. The summed E-state index contributed by atoms with van der Waals surface area (Å²) in [5.74, 6) is -0.0258. The van der Waals surface area contributed by atoms with E-state index in [0.29, 0.717) is 6.54 Å². The zero-order valence-electron chi connectivity index (χ0n) is 17.8. The molecule has 0 radical (unpaired) electrons. The summed E-state index contributed by atoms with van der Waals surface area (Å²) in [5, 5.41) is 7.12. The van der Waals surface area contributed by atoms with E-state index in [9.17, 15) is 4.79 Å². The van der Waals surface area contributed by atoms with Gasteiger partial charge in [-0.2, -0.15) is 5.10 Å². The molecule has 0 aliphatic heterocycles. The molecule has 3 aromatic rings. The van der Waals surface area contributed by atoms with E-state index in [0.717, 1.165) is 16.9 Å². The summed E-state index contributed by atoms with van der Waals surface area (Å²) in [6.45, 7) is 8.93. The van der Waals surface area contributed by atoms with Crippen LogP contribution in [-0.4, -0.2) is 39.2 Å². The topological polar surface area (TPSA) is 63.1 Å². The summed E-state index contributed by atoms with van der Waals surface area (Å²) in [6, 6.07) is 16.3. The minimum Gasteiger partial charge on any atom is -0.325 e. The van der Waals surface area contributed by atoms with Gasteiger partial charge in [0.2, 0.25) is 5.91 Å². The number of hydrogen-bond acceptors (Lipinski definition) is 4. The molecule has 3 rings (SSSR count). The van der Waals surface area contributed by atoms with Crippen molar-refractivity contribution in [2.75, 3.05) is 18.9 Å². The van der Waals surface area contributed by atoms with Crippen molar-refractivity contribution in [3.8, 4) is 5.69 Å². The van der Waals surface area contributed by atoms with Gasteiger partial charge in [0, 0.05) is 11.7 Å². The molecule has 29 heavy (non-hydrogen) atoms. The second-order valence-electron chi connectivity index (χ2n) is 8.40. The van der Waals surface area contributed by atoms with Gasteiger partial charge >= 0.3 is 0 Å². The molecule has 0 fully saturated rings. The van der Waals surface area contributed by atoms with Crippen molar-refractivity contribution < 1.29 is 4.79 Å². The molecule has 1 atom stereocenters. The fraction of sp³-hybridized carbons (Fsp3) is 0.348. The van der Waals surface area contributed by atoms with Crippen LogP contribution < -0.4 is 5.32 Å². The molecule has 2 aromatic carbocycles. The predicted molar refractivity (Wildman–Crippen MR) is 116 cm³/mol. The smallest absolute Gasteiger partial charge is 0.238 e. The highest BCUT2D eigenvalue weighted by molar-refractivity contribution is 5.92. The van der Waals surface area contributed by atoms with Gasteiger partial charge in [-0.15, -0.1) is 0 Å². The average Bonchev–Trinajstić information content (AvgIpc) is 3.22.